The molecule has 2 heterocycles. The SMILES string of the molecule is CCC(C)[C@@H]1NC(=O)[C@H](Cc2ccc(O)cc2)N(C)C(=O)[C@H](C(C)CC)N2C(=O)C(CC[C@@H]2O)NC(=O)[C@H](CC(C)C)NC(=O)[C@@H](NC(=O)[C@H](CCC(N)=O)NC(=O)c2ccccc2)[C@@H](C)OC1=O. The van der Waals surface area contributed by atoms with Crippen molar-refractivity contribution in [1.82, 2.24) is 36.4 Å². The molecule has 2 aliphatic rings. The van der Waals surface area contributed by atoms with Gasteiger partial charge in [-0.2, -0.15) is 0 Å². The number of aliphatic hydroxyl groups is 1. The molecule has 11 atom stereocenters. The molecular formula is C49H70N8O12. The molecule has 2 aliphatic heterocycles. The number of benzene rings is 2. The number of aliphatic hydroxyl groups excluding tert-OH is 1. The Morgan fingerprint density at radius 3 is 2.07 bits per heavy atom. The fourth-order valence-corrected chi connectivity index (χ4v) is 8.36. The number of rotatable bonds is 15. The predicted octanol–water partition coefficient (Wildman–Crippen LogP) is 1.16. The van der Waals surface area contributed by atoms with E-state index in [0.717, 1.165) is 9.80 Å². The summed E-state index contributed by atoms with van der Waals surface area (Å²) < 4.78 is 5.94. The lowest BCUT2D eigenvalue weighted by molar-refractivity contribution is -0.168. The molecule has 2 aromatic rings. The number of carbonyl (C=O) groups is 9. The first kappa shape index (κ1) is 55.0. The van der Waals surface area contributed by atoms with Crippen LogP contribution in [0.4, 0.5) is 0 Å². The minimum Gasteiger partial charge on any atom is -0.508 e. The summed E-state index contributed by atoms with van der Waals surface area (Å²) in [6.45, 7) is 11.9. The molecule has 378 valence electrons. The largest absolute Gasteiger partial charge is 0.508 e. The zero-order valence-electron chi connectivity index (χ0n) is 40.7. The van der Waals surface area contributed by atoms with Crippen LogP contribution < -0.4 is 32.3 Å². The molecule has 20 nitrogen and oxygen atoms in total. The van der Waals surface area contributed by atoms with Crippen LogP contribution in [0.2, 0.25) is 0 Å². The maximum atomic E-state index is 14.9. The lowest BCUT2D eigenvalue weighted by Gasteiger charge is -2.44. The minimum absolute atomic E-state index is 0.0251. The zero-order chi connectivity index (χ0) is 51.3. The van der Waals surface area contributed by atoms with Crippen molar-refractivity contribution < 1.29 is 58.1 Å². The first-order valence-electron chi connectivity index (χ1n) is 23.7. The van der Waals surface area contributed by atoms with Gasteiger partial charge in [0.15, 0.2) is 0 Å². The molecule has 4 rings (SSSR count). The fraction of sp³-hybridized carbons (Fsp3) is 0.571. The Morgan fingerprint density at radius 1 is 0.841 bits per heavy atom. The third-order valence-electron chi connectivity index (χ3n) is 12.9. The van der Waals surface area contributed by atoms with Gasteiger partial charge in [0.1, 0.15) is 60.4 Å². The molecule has 0 spiro atoms. The Bertz CT molecular complexity index is 2160. The number of phenolic OH excluding ortho intramolecular Hbond substituents is 1. The van der Waals surface area contributed by atoms with E-state index in [4.69, 9.17) is 10.5 Å². The van der Waals surface area contributed by atoms with Crippen molar-refractivity contribution in [1.29, 1.82) is 0 Å². The van der Waals surface area contributed by atoms with E-state index in [-0.39, 0.29) is 55.8 Å². The molecule has 0 saturated carbocycles. The van der Waals surface area contributed by atoms with E-state index in [1.807, 2.05) is 0 Å². The van der Waals surface area contributed by atoms with Gasteiger partial charge >= 0.3 is 5.97 Å². The van der Waals surface area contributed by atoms with Crippen LogP contribution in [0.1, 0.15) is 109 Å². The summed E-state index contributed by atoms with van der Waals surface area (Å²) in [5.74, 6) is -8.96. The van der Waals surface area contributed by atoms with Gasteiger partial charge in [-0.15, -0.1) is 0 Å². The number of piperidine rings is 1. The number of likely N-dealkylation sites (N-methyl/N-ethyl adjacent to an activating group) is 1. The summed E-state index contributed by atoms with van der Waals surface area (Å²) in [5, 5.41) is 34.8. The van der Waals surface area contributed by atoms with Gasteiger partial charge in [0.2, 0.25) is 41.4 Å². The van der Waals surface area contributed by atoms with Crippen LogP contribution in [0.15, 0.2) is 54.6 Å². The molecule has 0 aliphatic carbocycles. The van der Waals surface area contributed by atoms with Crippen LogP contribution in [0.5, 0.6) is 5.75 Å². The maximum Gasteiger partial charge on any atom is 0.329 e. The number of phenols is 1. The van der Waals surface area contributed by atoms with Gasteiger partial charge in [-0.05, 0) is 80.2 Å². The second-order valence-electron chi connectivity index (χ2n) is 18.6. The molecule has 2 saturated heterocycles. The molecule has 69 heavy (non-hydrogen) atoms. The lowest BCUT2D eigenvalue weighted by atomic mass is 9.91. The van der Waals surface area contributed by atoms with Crippen molar-refractivity contribution in [2.75, 3.05) is 7.05 Å². The highest BCUT2D eigenvalue weighted by molar-refractivity contribution is 6.00. The van der Waals surface area contributed by atoms with E-state index in [0.29, 0.717) is 18.4 Å². The van der Waals surface area contributed by atoms with Crippen LogP contribution in [-0.2, 0) is 49.5 Å². The van der Waals surface area contributed by atoms with E-state index < -0.39 is 120 Å². The molecule has 0 aromatic heterocycles. The Labute approximate surface area is 403 Å². The zero-order valence-corrected chi connectivity index (χ0v) is 40.7. The first-order valence-corrected chi connectivity index (χ1v) is 23.7. The Kier molecular flexibility index (Phi) is 20.1. The van der Waals surface area contributed by atoms with Crippen molar-refractivity contribution in [3.63, 3.8) is 0 Å². The highest BCUT2D eigenvalue weighted by Crippen LogP contribution is 2.28. The first-order chi connectivity index (χ1) is 32.6. The van der Waals surface area contributed by atoms with Crippen LogP contribution in [0.25, 0.3) is 0 Å². The molecule has 2 aromatic carbocycles. The summed E-state index contributed by atoms with van der Waals surface area (Å²) >= 11 is 0. The second-order valence-corrected chi connectivity index (χ2v) is 18.6. The molecule has 20 heteroatoms. The monoisotopic (exact) mass is 963 g/mol. The number of esters is 1. The molecule has 2 bridgehead atoms. The average molecular weight is 963 g/mol. The number of aromatic hydroxyl groups is 1. The van der Waals surface area contributed by atoms with E-state index >= 15 is 0 Å². The summed E-state index contributed by atoms with van der Waals surface area (Å²) in [7, 11) is 1.38. The van der Waals surface area contributed by atoms with Crippen molar-refractivity contribution >= 4 is 53.2 Å². The quantitative estimate of drug-likeness (QED) is 0.117. The van der Waals surface area contributed by atoms with Gasteiger partial charge < -0.3 is 57.1 Å². The number of fused-ring (bicyclic) bond motifs is 2. The van der Waals surface area contributed by atoms with E-state index in [9.17, 15) is 53.4 Å². The van der Waals surface area contributed by atoms with E-state index in [2.05, 4.69) is 26.6 Å². The topological polar surface area (TPSA) is 296 Å². The number of ether oxygens (including phenoxy) is 1. The molecular weight excluding hydrogens is 893 g/mol. The molecule has 8 amide bonds. The van der Waals surface area contributed by atoms with Crippen molar-refractivity contribution in [2.45, 2.75) is 154 Å². The molecule has 2 fully saturated rings. The normalized spacial score (nSPS) is 25.7. The fourth-order valence-electron chi connectivity index (χ4n) is 8.36. The Morgan fingerprint density at radius 2 is 1.48 bits per heavy atom. The van der Waals surface area contributed by atoms with E-state index in [1.165, 1.54) is 38.2 Å². The van der Waals surface area contributed by atoms with Crippen LogP contribution in [-0.4, -0.2) is 135 Å². The third kappa shape index (κ3) is 14.7. The molecule has 0 radical (unpaired) electrons. The standard InChI is InChI=1S/C49H70N8O12/c1-9-27(5)39-49(68)69-29(7)40(55-43(62)33(20-22-37(50)59)51-42(61)31-14-12-11-13-15-31)46(65)53-35(24-26(3)4)44(63)52-34-21-23-38(60)57(47(34)66)41(28(6)10-2)48(67)56(8)36(45(64)54-39)25-30-16-18-32(58)19-17-30/h11-19,26-29,33-36,38-41,58,60H,9-10,20-25H2,1-8H3,(H2,50,59)(H,51,61)(H,52,63)(H,53,65)(H,54,64)(H,55,62)/t27?,28?,29-,33+,34?,35+,36+,38+,39+,40+,41+/m1/s1. The van der Waals surface area contributed by atoms with Crippen molar-refractivity contribution in [3.05, 3.63) is 65.7 Å². The van der Waals surface area contributed by atoms with E-state index in [1.54, 1.807) is 71.9 Å². The number of hydrogen-bond acceptors (Lipinski definition) is 12. The van der Waals surface area contributed by atoms with Crippen molar-refractivity contribution in [3.8, 4) is 5.75 Å². The van der Waals surface area contributed by atoms with Gasteiger partial charge in [0.25, 0.3) is 5.91 Å². The molecule has 3 unspecified atom stereocenters. The predicted molar refractivity (Wildman–Crippen MR) is 252 cm³/mol. The highest BCUT2D eigenvalue weighted by Gasteiger charge is 2.47. The van der Waals surface area contributed by atoms with Gasteiger partial charge in [0.05, 0.1) is 0 Å². The highest BCUT2D eigenvalue weighted by atomic mass is 16.5. The maximum absolute atomic E-state index is 14.9. The van der Waals surface area contributed by atoms with Gasteiger partial charge in [-0.1, -0.05) is 84.7 Å². The average Bonchev–Trinajstić information content (AvgIpc) is 3.31. The van der Waals surface area contributed by atoms with Crippen LogP contribution in [0, 0.1) is 17.8 Å². The van der Waals surface area contributed by atoms with Gasteiger partial charge in [-0.25, -0.2) is 4.79 Å². The van der Waals surface area contributed by atoms with Crippen molar-refractivity contribution in [2.24, 2.45) is 23.5 Å². The minimum atomic E-state index is -1.77. The van der Waals surface area contributed by atoms with Gasteiger partial charge in [0, 0.05) is 25.5 Å². The number of nitrogens with two attached hydrogens (primary N) is 1. The molecule has 9 N–H and O–H groups in total. The number of nitrogens with one attached hydrogen (secondary N) is 5. The Hall–Kier alpha value is -6.57. The summed E-state index contributed by atoms with van der Waals surface area (Å²) in [4.78, 5) is 129. The Balaban J connectivity index is 1.87. The number of carbonyl (C=O) groups excluding carboxylic acids is 9. The lowest BCUT2D eigenvalue weighted by Crippen LogP contribution is -2.66. The number of primary amides is 1. The summed E-state index contributed by atoms with van der Waals surface area (Å²) in [6, 6.07) is 3.96. The third-order valence-corrected chi connectivity index (χ3v) is 12.9. The summed E-state index contributed by atoms with van der Waals surface area (Å²) in [6.07, 6.45) is -3.10. The second kappa shape index (κ2) is 25.2. The number of nitrogens with zero attached hydrogens (tertiary/aromatic N) is 2. The number of cyclic esters (lactones) is 1. The van der Waals surface area contributed by atoms with Crippen LogP contribution >= 0.6 is 0 Å². The number of amides is 8. The van der Waals surface area contributed by atoms with Gasteiger partial charge in [-0.3, -0.25) is 38.4 Å². The smallest absolute Gasteiger partial charge is 0.329 e. The van der Waals surface area contributed by atoms with Crippen LogP contribution in [0.3, 0.4) is 0 Å². The summed E-state index contributed by atoms with van der Waals surface area (Å²) in [5.41, 5.74) is 6.13. The number of hydrogen-bond donors (Lipinski definition) is 8.